The molecule has 29 heavy (non-hydrogen) atoms. The standard InChI is InChI=1S/C18H21N5O5S/c1-3-10-29(27,28)13-6-4-12(5-7-13)14(24)20-11-18(15-19-8-9-23(15)2)16(25)21-17(26)22-18/h4-9H,3,10-11H2,1-2H3,(H,20,24)(H2,21,22,25,26). The predicted octanol–water partition coefficient (Wildman–Crippen LogP) is 0.0685. The van der Waals surface area contributed by atoms with Gasteiger partial charge in [-0.1, -0.05) is 6.92 Å². The minimum atomic E-state index is -3.38. The number of hydrogen-bond donors (Lipinski definition) is 3. The molecule has 4 amide bonds. The monoisotopic (exact) mass is 419 g/mol. The van der Waals surface area contributed by atoms with Crippen molar-refractivity contribution in [2.45, 2.75) is 23.8 Å². The molecule has 11 heteroatoms. The minimum Gasteiger partial charge on any atom is -0.349 e. The van der Waals surface area contributed by atoms with Crippen LogP contribution in [0.3, 0.4) is 0 Å². The summed E-state index contributed by atoms with van der Waals surface area (Å²) in [5.41, 5.74) is -1.32. The molecule has 154 valence electrons. The highest BCUT2D eigenvalue weighted by molar-refractivity contribution is 7.91. The van der Waals surface area contributed by atoms with Crippen molar-refractivity contribution in [3.8, 4) is 0 Å². The lowest BCUT2D eigenvalue weighted by atomic mass is 9.98. The van der Waals surface area contributed by atoms with E-state index in [-0.39, 0.29) is 28.6 Å². The summed E-state index contributed by atoms with van der Waals surface area (Å²) < 4.78 is 25.8. The molecule has 1 unspecified atom stereocenters. The number of urea groups is 1. The molecule has 0 bridgehead atoms. The van der Waals surface area contributed by atoms with Gasteiger partial charge in [0.15, 0.2) is 15.4 Å². The van der Waals surface area contributed by atoms with Crippen molar-refractivity contribution in [2.24, 2.45) is 7.05 Å². The maximum Gasteiger partial charge on any atom is 0.322 e. The molecule has 1 atom stereocenters. The van der Waals surface area contributed by atoms with E-state index in [1.165, 1.54) is 30.5 Å². The molecule has 2 aromatic rings. The molecular formula is C18H21N5O5S. The number of carbonyl (C=O) groups excluding carboxylic acids is 3. The molecule has 1 fully saturated rings. The number of nitrogens with one attached hydrogen (secondary N) is 3. The van der Waals surface area contributed by atoms with Gasteiger partial charge < -0.3 is 15.2 Å². The van der Waals surface area contributed by atoms with Crippen LogP contribution in [0, 0.1) is 0 Å². The highest BCUT2D eigenvalue weighted by Gasteiger charge is 2.50. The zero-order chi connectivity index (χ0) is 21.2. The van der Waals surface area contributed by atoms with Gasteiger partial charge in [0.2, 0.25) is 0 Å². The average Bonchev–Trinajstić information content (AvgIpc) is 3.22. The fraction of sp³-hybridized carbons (Fsp3) is 0.333. The second kappa shape index (κ2) is 7.66. The van der Waals surface area contributed by atoms with Crippen LogP contribution in [0.4, 0.5) is 4.79 Å². The van der Waals surface area contributed by atoms with Crippen molar-refractivity contribution in [1.82, 2.24) is 25.5 Å². The van der Waals surface area contributed by atoms with E-state index in [1.807, 2.05) is 0 Å². The summed E-state index contributed by atoms with van der Waals surface area (Å²) in [4.78, 5) is 41.0. The van der Waals surface area contributed by atoms with Crippen molar-refractivity contribution in [3.05, 3.63) is 48.0 Å². The summed E-state index contributed by atoms with van der Waals surface area (Å²) >= 11 is 0. The first-order chi connectivity index (χ1) is 13.7. The number of aromatic nitrogens is 2. The number of imidazole rings is 1. The number of imide groups is 1. The van der Waals surface area contributed by atoms with Crippen LogP contribution in [0.2, 0.25) is 0 Å². The van der Waals surface area contributed by atoms with Gasteiger partial charge in [0.25, 0.3) is 11.8 Å². The van der Waals surface area contributed by atoms with Crippen molar-refractivity contribution in [3.63, 3.8) is 0 Å². The first-order valence-corrected chi connectivity index (χ1v) is 10.6. The molecule has 3 rings (SSSR count). The summed E-state index contributed by atoms with van der Waals surface area (Å²) in [5.74, 6) is -0.855. The molecule has 10 nitrogen and oxygen atoms in total. The smallest absolute Gasteiger partial charge is 0.322 e. The van der Waals surface area contributed by atoms with E-state index in [2.05, 4.69) is 20.9 Å². The zero-order valence-electron chi connectivity index (χ0n) is 15.9. The Morgan fingerprint density at radius 1 is 1.24 bits per heavy atom. The second-order valence-corrected chi connectivity index (χ2v) is 8.81. The van der Waals surface area contributed by atoms with Gasteiger partial charge in [-0.25, -0.2) is 18.2 Å². The number of aryl methyl sites for hydroxylation is 1. The lowest BCUT2D eigenvalue weighted by Crippen LogP contribution is -2.54. The molecule has 2 heterocycles. The molecule has 3 N–H and O–H groups in total. The Balaban J connectivity index is 1.79. The number of rotatable bonds is 7. The predicted molar refractivity (Wildman–Crippen MR) is 103 cm³/mol. The quantitative estimate of drug-likeness (QED) is 0.543. The SMILES string of the molecule is CCCS(=O)(=O)c1ccc(C(=O)NCC2(c3nccn3C)NC(=O)NC2=O)cc1. The third-order valence-electron chi connectivity index (χ3n) is 4.61. The fourth-order valence-corrected chi connectivity index (χ4v) is 4.47. The van der Waals surface area contributed by atoms with E-state index < -0.39 is 33.2 Å². The van der Waals surface area contributed by atoms with Crippen molar-refractivity contribution in [1.29, 1.82) is 0 Å². The summed E-state index contributed by atoms with van der Waals surface area (Å²) in [6, 6.07) is 4.87. The Hall–Kier alpha value is -3.21. The minimum absolute atomic E-state index is 0.0273. The van der Waals surface area contributed by atoms with Gasteiger partial charge in [-0.2, -0.15) is 0 Å². The number of benzene rings is 1. The van der Waals surface area contributed by atoms with Gasteiger partial charge in [-0.15, -0.1) is 0 Å². The lowest BCUT2D eigenvalue weighted by molar-refractivity contribution is -0.124. The van der Waals surface area contributed by atoms with Gasteiger partial charge in [-0.3, -0.25) is 14.9 Å². The Bertz CT molecular complexity index is 1060. The Morgan fingerprint density at radius 2 is 1.93 bits per heavy atom. The summed E-state index contributed by atoms with van der Waals surface area (Å²) in [7, 11) is -1.71. The highest BCUT2D eigenvalue weighted by atomic mass is 32.2. The van der Waals surface area contributed by atoms with Crippen LogP contribution in [0.15, 0.2) is 41.6 Å². The Labute approximate surface area is 167 Å². The summed E-state index contributed by atoms with van der Waals surface area (Å²) in [6.07, 6.45) is 3.59. The first-order valence-electron chi connectivity index (χ1n) is 8.92. The average molecular weight is 419 g/mol. The number of amides is 4. The van der Waals surface area contributed by atoms with Crippen LogP contribution < -0.4 is 16.0 Å². The molecule has 1 aromatic heterocycles. The van der Waals surface area contributed by atoms with Crippen molar-refractivity contribution in [2.75, 3.05) is 12.3 Å². The van der Waals surface area contributed by atoms with Crippen LogP contribution in [-0.2, 0) is 27.2 Å². The number of sulfone groups is 1. The highest BCUT2D eigenvalue weighted by Crippen LogP contribution is 2.23. The van der Waals surface area contributed by atoms with E-state index in [4.69, 9.17) is 0 Å². The molecule has 1 aliphatic rings. The third-order valence-corrected chi connectivity index (χ3v) is 6.54. The molecule has 0 radical (unpaired) electrons. The largest absolute Gasteiger partial charge is 0.349 e. The second-order valence-electron chi connectivity index (χ2n) is 6.70. The maximum atomic E-state index is 12.5. The van der Waals surface area contributed by atoms with E-state index in [9.17, 15) is 22.8 Å². The van der Waals surface area contributed by atoms with Gasteiger partial charge in [0.1, 0.15) is 5.82 Å². The van der Waals surface area contributed by atoms with E-state index in [0.717, 1.165) is 0 Å². The number of hydrogen-bond acceptors (Lipinski definition) is 6. The van der Waals surface area contributed by atoms with Crippen molar-refractivity contribution >= 4 is 27.7 Å². The van der Waals surface area contributed by atoms with Crippen LogP contribution in [0.25, 0.3) is 0 Å². The van der Waals surface area contributed by atoms with E-state index in [0.29, 0.717) is 6.42 Å². The molecular weight excluding hydrogens is 398 g/mol. The molecule has 1 saturated heterocycles. The van der Waals surface area contributed by atoms with Crippen LogP contribution in [0.5, 0.6) is 0 Å². The summed E-state index contributed by atoms with van der Waals surface area (Å²) in [5, 5.41) is 7.31. The van der Waals surface area contributed by atoms with Gasteiger partial charge in [-0.05, 0) is 30.7 Å². The van der Waals surface area contributed by atoms with Gasteiger partial charge in [0, 0.05) is 25.0 Å². The number of nitrogens with zero attached hydrogens (tertiary/aromatic N) is 2. The molecule has 0 saturated carbocycles. The van der Waals surface area contributed by atoms with E-state index in [1.54, 1.807) is 24.7 Å². The van der Waals surface area contributed by atoms with Crippen LogP contribution in [0.1, 0.15) is 29.5 Å². The Morgan fingerprint density at radius 3 is 2.45 bits per heavy atom. The molecule has 1 aromatic carbocycles. The van der Waals surface area contributed by atoms with Crippen molar-refractivity contribution < 1.29 is 22.8 Å². The molecule has 1 aliphatic heterocycles. The Kier molecular flexibility index (Phi) is 5.42. The van der Waals surface area contributed by atoms with Gasteiger partial charge >= 0.3 is 6.03 Å². The third kappa shape index (κ3) is 3.86. The maximum absolute atomic E-state index is 12.5. The summed E-state index contributed by atoms with van der Waals surface area (Å²) in [6.45, 7) is 1.54. The zero-order valence-corrected chi connectivity index (χ0v) is 16.7. The van der Waals surface area contributed by atoms with E-state index >= 15 is 0 Å². The normalized spacial score (nSPS) is 19.0. The van der Waals surface area contributed by atoms with Crippen LogP contribution >= 0.6 is 0 Å². The molecule has 0 spiro atoms. The topological polar surface area (TPSA) is 139 Å². The molecule has 0 aliphatic carbocycles. The first kappa shape index (κ1) is 20.5. The van der Waals surface area contributed by atoms with Crippen LogP contribution in [-0.4, -0.2) is 48.1 Å². The van der Waals surface area contributed by atoms with Gasteiger partial charge in [0.05, 0.1) is 17.2 Å². The fourth-order valence-electron chi connectivity index (χ4n) is 3.14. The number of carbonyl (C=O) groups is 3. The lowest BCUT2D eigenvalue weighted by Gasteiger charge is -2.25.